The third-order valence-corrected chi connectivity index (χ3v) is 2.75. The molecule has 0 saturated carbocycles. The number of nitrogens with zero attached hydrogens (tertiary/aromatic N) is 1. The van der Waals surface area contributed by atoms with Crippen LogP contribution in [0.5, 0.6) is 0 Å². The predicted molar refractivity (Wildman–Crippen MR) is 63.4 cm³/mol. The van der Waals surface area contributed by atoms with Gasteiger partial charge in [0, 0.05) is 5.39 Å². The molecule has 0 fully saturated rings. The molecule has 5 heteroatoms. The predicted octanol–water partition coefficient (Wildman–Crippen LogP) is 1.18. The van der Waals surface area contributed by atoms with Crippen LogP contribution in [0.1, 0.15) is 20.7 Å². The van der Waals surface area contributed by atoms with Crippen LogP contribution in [-0.4, -0.2) is 51.6 Å². The van der Waals surface area contributed by atoms with Gasteiger partial charge in [-0.25, -0.2) is 0 Å². The van der Waals surface area contributed by atoms with Crippen molar-refractivity contribution >= 4 is 52.1 Å². The topological polar surface area (TPSA) is 57.6 Å². The molecular weight excluding hydrogens is 229 g/mol. The van der Waals surface area contributed by atoms with Crippen molar-refractivity contribution < 1.29 is 14.8 Å². The van der Waals surface area contributed by atoms with Crippen molar-refractivity contribution in [3.8, 4) is 0 Å². The van der Waals surface area contributed by atoms with E-state index in [0.717, 1.165) is 5.39 Å². The van der Waals surface area contributed by atoms with E-state index in [1.807, 2.05) is 12.1 Å². The van der Waals surface area contributed by atoms with Gasteiger partial charge in [0.15, 0.2) is 0 Å². The summed E-state index contributed by atoms with van der Waals surface area (Å²) in [6, 6.07) is 10.3. The van der Waals surface area contributed by atoms with Crippen LogP contribution in [0.4, 0.5) is 0 Å². The minimum absolute atomic E-state index is 0. The number of imide groups is 1. The summed E-state index contributed by atoms with van der Waals surface area (Å²) < 4.78 is 0. The first-order valence-corrected chi connectivity index (χ1v) is 4.79. The van der Waals surface area contributed by atoms with Gasteiger partial charge in [0.2, 0.25) is 0 Å². The Morgan fingerprint density at radius 1 is 0.882 bits per heavy atom. The average molecular weight is 237 g/mol. The Hall–Kier alpha value is -1.20. The van der Waals surface area contributed by atoms with Crippen LogP contribution in [0.15, 0.2) is 36.4 Å². The van der Waals surface area contributed by atoms with Gasteiger partial charge < -0.3 is 0 Å². The van der Waals surface area contributed by atoms with Gasteiger partial charge in [-0.05, 0) is 17.5 Å². The van der Waals surface area contributed by atoms with Crippen molar-refractivity contribution in [2.75, 3.05) is 0 Å². The second-order valence-electron chi connectivity index (χ2n) is 3.63. The third kappa shape index (κ3) is 1.61. The zero-order valence-electron chi connectivity index (χ0n) is 8.18. The summed E-state index contributed by atoms with van der Waals surface area (Å²) >= 11 is 0. The van der Waals surface area contributed by atoms with E-state index in [-0.39, 0.29) is 34.6 Å². The zero-order chi connectivity index (χ0) is 11.3. The molecule has 1 N–H and O–H groups in total. The van der Waals surface area contributed by atoms with E-state index in [1.54, 1.807) is 24.3 Å². The van der Waals surface area contributed by atoms with Crippen LogP contribution >= 0.6 is 0 Å². The maximum absolute atomic E-state index is 11.7. The van der Waals surface area contributed by atoms with Crippen molar-refractivity contribution in [1.29, 1.82) is 0 Å². The molecule has 0 spiro atoms. The van der Waals surface area contributed by atoms with Crippen LogP contribution in [-0.2, 0) is 0 Å². The number of rotatable bonds is 0. The number of amides is 2. The SMILES string of the molecule is O=C1c2cccc3cccc(c23)C(=O)N1O.[NaH]. The van der Waals surface area contributed by atoms with Gasteiger partial charge in [-0.1, -0.05) is 24.3 Å². The molecule has 4 nitrogen and oxygen atoms in total. The molecule has 0 aromatic heterocycles. The fraction of sp³-hybridized carbons (Fsp3) is 0. The summed E-state index contributed by atoms with van der Waals surface area (Å²) in [4.78, 5) is 23.3. The monoisotopic (exact) mass is 237 g/mol. The van der Waals surface area contributed by atoms with Crippen LogP contribution in [0.2, 0.25) is 0 Å². The third-order valence-electron chi connectivity index (χ3n) is 2.75. The number of benzene rings is 2. The van der Waals surface area contributed by atoms with Crippen molar-refractivity contribution in [2.24, 2.45) is 0 Å². The summed E-state index contributed by atoms with van der Waals surface area (Å²) in [7, 11) is 0. The molecule has 0 aliphatic carbocycles. The fourth-order valence-corrected chi connectivity index (χ4v) is 2.02. The summed E-state index contributed by atoms with van der Waals surface area (Å²) in [5.74, 6) is -1.34. The summed E-state index contributed by atoms with van der Waals surface area (Å²) in [6.45, 7) is 0. The summed E-state index contributed by atoms with van der Waals surface area (Å²) in [5, 5.41) is 11.0. The first-order chi connectivity index (χ1) is 7.70. The number of carbonyl (C=O) groups excluding carboxylic acids is 2. The Kier molecular flexibility index (Phi) is 3.05. The van der Waals surface area contributed by atoms with E-state index in [9.17, 15) is 14.8 Å². The van der Waals surface area contributed by atoms with E-state index in [4.69, 9.17) is 0 Å². The van der Waals surface area contributed by atoms with E-state index in [2.05, 4.69) is 0 Å². The Morgan fingerprint density at radius 3 is 1.82 bits per heavy atom. The molecule has 17 heavy (non-hydrogen) atoms. The van der Waals surface area contributed by atoms with Gasteiger partial charge >= 0.3 is 29.6 Å². The number of hydrogen-bond donors (Lipinski definition) is 1. The average Bonchev–Trinajstić information content (AvgIpc) is 2.33. The molecule has 0 unspecified atom stereocenters. The van der Waals surface area contributed by atoms with Gasteiger partial charge in [-0.15, -0.1) is 5.06 Å². The molecular formula is C12H8NNaO3. The van der Waals surface area contributed by atoms with Crippen molar-refractivity contribution in [3.05, 3.63) is 47.5 Å². The van der Waals surface area contributed by atoms with Crippen molar-refractivity contribution in [3.63, 3.8) is 0 Å². The fourth-order valence-electron chi connectivity index (χ4n) is 2.02. The van der Waals surface area contributed by atoms with Gasteiger partial charge in [-0.2, -0.15) is 0 Å². The Bertz CT molecular complexity index is 588. The molecule has 3 rings (SSSR count). The first kappa shape index (κ1) is 12.3. The molecule has 2 aromatic rings. The molecule has 2 aromatic carbocycles. The van der Waals surface area contributed by atoms with E-state index in [0.29, 0.717) is 16.5 Å². The van der Waals surface area contributed by atoms with Crippen LogP contribution in [0.3, 0.4) is 0 Å². The van der Waals surface area contributed by atoms with Gasteiger partial charge in [0.25, 0.3) is 11.8 Å². The van der Waals surface area contributed by atoms with Crippen LogP contribution < -0.4 is 0 Å². The second-order valence-corrected chi connectivity index (χ2v) is 3.63. The molecule has 80 valence electrons. The van der Waals surface area contributed by atoms with Crippen molar-refractivity contribution in [1.82, 2.24) is 5.06 Å². The normalized spacial score (nSPS) is 13.8. The van der Waals surface area contributed by atoms with Gasteiger partial charge in [0.05, 0.1) is 11.1 Å². The summed E-state index contributed by atoms with van der Waals surface area (Å²) in [6.07, 6.45) is 0. The minimum atomic E-state index is -0.672. The molecule has 0 radical (unpaired) electrons. The van der Waals surface area contributed by atoms with Crippen molar-refractivity contribution in [2.45, 2.75) is 0 Å². The molecule has 0 atom stereocenters. The van der Waals surface area contributed by atoms with Crippen LogP contribution in [0, 0.1) is 0 Å². The van der Waals surface area contributed by atoms with E-state index >= 15 is 0 Å². The molecule has 1 heterocycles. The zero-order valence-corrected chi connectivity index (χ0v) is 8.18. The quantitative estimate of drug-likeness (QED) is 0.425. The molecule has 1 aliphatic rings. The van der Waals surface area contributed by atoms with Gasteiger partial charge in [0.1, 0.15) is 0 Å². The second kappa shape index (κ2) is 4.23. The molecule has 0 bridgehead atoms. The van der Waals surface area contributed by atoms with E-state index in [1.165, 1.54) is 0 Å². The standard InChI is InChI=1S/C12H7NO3.Na.H/c14-11-8-5-1-3-7-4-2-6-9(10(7)8)12(15)13(11)16;;/h1-6,16H;;. The Labute approximate surface area is 119 Å². The molecule has 1 aliphatic heterocycles. The molecule has 0 saturated heterocycles. The first-order valence-electron chi connectivity index (χ1n) is 4.79. The molecule has 2 amide bonds. The Morgan fingerprint density at radius 2 is 1.35 bits per heavy atom. The number of carbonyl (C=O) groups is 2. The number of hydrogen-bond acceptors (Lipinski definition) is 3. The number of hydroxylamine groups is 2. The summed E-state index contributed by atoms with van der Waals surface area (Å²) in [5.41, 5.74) is 0.713. The maximum atomic E-state index is 11.7. The van der Waals surface area contributed by atoms with E-state index < -0.39 is 11.8 Å². The van der Waals surface area contributed by atoms with Crippen LogP contribution in [0.25, 0.3) is 10.8 Å². The Balaban J connectivity index is 0.00000108. The van der Waals surface area contributed by atoms with Gasteiger partial charge in [-0.3, -0.25) is 14.8 Å².